The molecule has 5 heteroatoms. The van der Waals surface area contributed by atoms with E-state index in [-0.39, 0.29) is 18.2 Å². The SMILES string of the molecule is CC(C)CCN1C(=O)C(C)(C)COc2ccc(NC(=O)Cc3ccc(-c4ccccc4)cc3)cc21. The molecule has 2 amide bonds. The lowest BCUT2D eigenvalue weighted by Crippen LogP contribution is -2.42. The first-order valence-corrected chi connectivity index (χ1v) is 12.3. The highest BCUT2D eigenvalue weighted by atomic mass is 16.5. The van der Waals surface area contributed by atoms with Crippen LogP contribution in [0.4, 0.5) is 11.4 Å². The van der Waals surface area contributed by atoms with Crippen LogP contribution in [0.2, 0.25) is 0 Å². The fourth-order valence-corrected chi connectivity index (χ4v) is 4.17. The van der Waals surface area contributed by atoms with Gasteiger partial charge in [-0.2, -0.15) is 0 Å². The van der Waals surface area contributed by atoms with Crippen LogP contribution < -0.4 is 15.0 Å². The Hall–Kier alpha value is -3.60. The third-order valence-electron chi connectivity index (χ3n) is 6.30. The second-order valence-electron chi connectivity index (χ2n) is 10.3. The van der Waals surface area contributed by atoms with Gasteiger partial charge in [-0.1, -0.05) is 68.4 Å². The van der Waals surface area contributed by atoms with E-state index in [0.717, 1.165) is 23.1 Å². The molecule has 0 atom stereocenters. The minimum atomic E-state index is -0.620. The van der Waals surface area contributed by atoms with Gasteiger partial charge in [0.1, 0.15) is 12.4 Å². The van der Waals surface area contributed by atoms with Crippen LogP contribution in [-0.2, 0) is 16.0 Å². The summed E-state index contributed by atoms with van der Waals surface area (Å²) >= 11 is 0. The molecular weight excluding hydrogens is 436 g/mol. The van der Waals surface area contributed by atoms with E-state index in [1.54, 1.807) is 0 Å². The molecule has 0 unspecified atom stereocenters. The van der Waals surface area contributed by atoms with Crippen LogP contribution >= 0.6 is 0 Å². The molecular formula is C30H34N2O3. The fraction of sp³-hybridized carbons (Fsp3) is 0.333. The average molecular weight is 471 g/mol. The van der Waals surface area contributed by atoms with Gasteiger partial charge in [0, 0.05) is 12.2 Å². The first-order chi connectivity index (χ1) is 16.7. The summed E-state index contributed by atoms with van der Waals surface area (Å²) < 4.78 is 6.00. The van der Waals surface area contributed by atoms with Crippen LogP contribution in [0.15, 0.2) is 72.8 Å². The summed E-state index contributed by atoms with van der Waals surface area (Å²) in [6.07, 6.45) is 1.16. The minimum Gasteiger partial charge on any atom is -0.490 e. The Bertz CT molecular complexity index is 1180. The van der Waals surface area contributed by atoms with Gasteiger partial charge in [0.15, 0.2) is 0 Å². The Morgan fingerprint density at radius 2 is 1.69 bits per heavy atom. The molecule has 0 radical (unpaired) electrons. The number of rotatable bonds is 7. The number of fused-ring (bicyclic) bond motifs is 1. The minimum absolute atomic E-state index is 0.0406. The number of nitrogens with one attached hydrogen (secondary N) is 1. The van der Waals surface area contributed by atoms with Gasteiger partial charge < -0.3 is 15.0 Å². The first-order valence-electron chi connectivity index (χ1n) is 12.3. The van der Waals surface area contributed by atoms with E-state index in [9.17, 15) is 9.59 Å². The summed E-state index contributed by atoms with van der Waals surface area (Å²) in [7, 11) is 0. The van der Waals surface area contributed by atoms with Gasteiger partial charge in [-0.15, -0.1) is 0 Å². The second-order valence-corrected chi connectivity index (χ2v) is 10.3. The molecule has 0 aliphatic carbocycles. The molecule has 0 aromatic heterocycles. The highest BCUT2D eigenvalue weighted by molar-refractivity contribution is 6.00. The van der Waals surface area contributed by atoms with E-state index in [0.29, 0.717) is 36.2 Å². The number of ether oxygens (including phenoxy) is 1. The molecule has 1 aliphatic rings. The topological polar surface area (TPSA) is 58.6 Å². The molecule has 0 bridgehead atoms. The van der Waals surface area contributed by atoms with Gasteiger partial charge in [-0.05, 0) is 61.1 Å². The number of anilines is 2. The lowest BCUT2D eigenvalue weighted by molar-refractivity contribution is -0.127. The Balaban J connectivity index is 1.49. The number of amides is 2. The number of carbonyl (C=O) groups is 2. The number of carbonyl (C=O) groups excluding carboxylic acids is 2. The molecule has 1 N–H and O–H groups in total. The van der Waals surface area contributed by atoms with Crippen molar-refractivity contribution in [1.29, 1.82) is 0 Å². The van der Waals surface area contributed by atoms with Crippen LogP contribution in [0.5, 0.6) is 5.75 Å². The summed E-state index contributed by atoms with van der Waals surface area (Å²) in [5.41, 5.74) is 3.96. The molecule has 3 aromatic carbocycles. The highest BCUT2D eigenvalue weighted by Gasteiger charge is 2.37. The highest BCUT2D eigenvalue weighted by Crippen LogP contribution is 2.38. The quantitative estimate of drug-likeness (QED) is 0.439. The molecule has 0 fully saturated rings. The van der Waals surface area contributed by atoms with Crippen molar-refractivity contribution >= 4 is 23.2 Å². The van der Waals surface area contributed by atoms with Crippen LogP contribution in [-0.4, -0.2) is 25.0 Å². The molecule has 3 aromatic rings. The maximum absolute atomic E-state index is 13.3. The second kappa shape index (κ2) is 10.3. The van der Waals surface area contributed by atoms with Crippen molar-refractivity contribution in [3.8, 4) is 16.9 Å². The van der Waals surface area contributed by atoms with Gasteiger partial charge in [0.2, 0.25) is 11.8 Å². The summed E-state index contributed by atoms with van der Waals surface area (Å²) in [6, 6.07) is 23.7. The van der Waals surface area contributed by atoms with Crippen LogP contribution in [0, 0.1) is 11.3 Å². The third-order valence-corrected chi connectivity index (χ3v) is 6.30. The van der Waals surface area contributed by atoms with Crippen LogP contribution in [0.1, 0.15) is 39.7 Å². The van der Waals surface area contributed by atoms with Crippen molar-refractivity contribution in [2.75, 3.05) is 23.4 Å². The largest absolute Gasteiger partial charge is 0.490 e. The number of nitrogens with zero attached hydrogens (tertiary/aromatic N) is 1. The Morgan fingerprint density at radius 3 is 2.37 bits per heavy atom. The Kier molecular flexibility index (Phi) is 7.25. The molecule has 35 heavy (non-hydrogen) atoms. The Morgan fingerprint density at radius 1 is 1.00 bits per heavy atom. The zero-order chi connectivity index (χ0) is 25.0. The van der Waals surface area contributed by atoms with Crippen molar-refractivity contribution < 1.29 is 14.3 Å². The first kappa shape index (κ1) is 24.5. The maximum atomic E-state index is 13.3. The van der Waals surface area contributed by atoms with E-state index >= 15 is 0 Å². The Labute approximate surface area is 208 Å². The molecule has 4 rings (SSSR count). The fourth-order valence-electron chi connectivity index (χ4n) is 4.17. The molecule has 1 aliphatic heterocycles. The number of hydrogen-bond acceptors (Lipinski definition) is 3. The van der Waals surface area contributed by atoms with E-state index in [2.05, 4.69) is 31.3 Å². The zero-order valence-corrected chi connectivity index (χ0v) is 21.0. The van der Waals surface area contributed by atoms with Crippen LogP contribution in [0.3, 0.4) is 0 Å². The summed E-state index contributed by atoms with van der Waals surface area (Å²) in [5, 5.41) is 3.00. The third kappa shape index (κ3) is 5.91. The van der Waals surface area contributed by atoms with Crippen molar-refractivity contribution in [2.45, 2.75) is 40.5 Å². The molecule has 0 saturated carbocycles. The summed E-state index contributed by atoms with van der Waals surface area (Å²) in [5.74, 6) is 1.07. The molecule has 1 heterocycles. The summed E-state index contributed by atoms with van der Waals surface area (Å²) in [4.78, 5) is 27.9. The maximum Gasteiger partial charge on any atom is 0.236 e. The lowest BCUT2D eigenvalue weighted by Gasteiger charge is -2.28. The average Bonchev–Trinajstić information content (AvgIpc) is 2.93. The van der Waals surface area contributed by atoms with Gasteiger partial charge in [-0.3, -0.25) is 9.59 Å². The lowest BCUT2D eigenvalue weighted by atomic mass is 9.92. The smallest absolute Gasteiger partial charge is 0.236 e. The number of benzene rings is 3. The predicted molar refractivity (Wildman–Crippen MR) is 142 cm³/mol. The molecule has 0 saturated heterocycles. The molecule has 182 valence electrons. The van der Waals surface area contributed by atoms with Crippen molar-refractivity contribution in [2.24, 2.45) is 11.3 Å². The van der Waals surface area contributed by atoms with Crippen molar-refractivity contribution in [3.05, 3.63) is 78.4 Å². The van der Waals surface area contributed by atoms with E-state index in [1.807, 2.05) is 79.4 Å². The number of hydrogen-bond donors (Lipinski definition) is 1. The zero-order valence-electron chi connectivity index (χ0n) is 21.0. The standard InChI is InChI=1S/C30H34N2O3/c1-21(2)16-17-32-26-19-25(14-15-27(26)35-20-30(3,4)29(32)34)31-28(33)18-22-10-12-24(13-11-22)23-8-6-5-7-9-23/h5-15,19,21H,16-18,20H2,1-4H3,(H,31,33). The van der Waals surface area contributed by atoms with Gasteiger partial charge in [-0.25, -0.2) is 0 Å². The van der Waals surface area contributed by atoms with Crippen molar-refractivity contribution in [1.82, 2.24) is 0 Å². The molecule has 5 nitrogen and oxygen atoms in total. The van der Waals surface area contributed by atoms with Crippen LogP contribution in [0.25, 0.3) is 11.1 Å². The van der Waals surface area contributed by atoms with E-state index in [1.165, 1.54) is 0 Å². The van der Waals surface area contributed by atoms with Gasteiger partial charge >= 0.3 is 0 Å². The normalized spacial score (nSPS) is 14.8. The van der Waals surface area contributed by atoms with E-state index < -0.39 is 5.41 Å². The van der Waals surface area contributed by atoms with Gasteiger partial charge in [0.25, 0.3) is 0 Å². The van der Waals surface area contributed by atoms with E-state index in [4.69, 9.17) is 4.74 Å². The monoisotopic (exact) mass is 470 g/mol. The van der Waals surface area contributed by atoms with Gasteiger partial charge in [0.05, 0.1) is 17.5 Å². The summed E-state index contributed by atoms with van der Waals surface area (Å²) in [6.45, 7) is 9.05. The molecule has 0 spiro atoms. The predicted octanol–water partition coefficient (Wildman–Crippen LogP) is 6.33. The van der Waals surface area contributed by atoms with Crippen molar-refractivity contribution in [3.63, 3.8) is 0 Å².